The lowest BCUT2D eigenvalue weighted by atomic mass is 9.80. The van der Waals surface area contributed by atoms with E-state index in [4.69, 9.17) is 0 Å². The van der Waals surface area contributed by atoms with E-state index >= 15 is 0 Å². The largest absolute Gasteiger partial charge is 0.287 e. The molecule has 1 aromatic heterocycles. The van der Waals surface area contributed by atoms with Crippen molar-refractivity contribution in [2.24, 2.45) is 7.05 Å². The molecule has 3 aromatic rings. The van der Waals surface area contributed by atoms with E-state index in [2.05, 4.69) is 23.2 Å². The highest BCUT2D eigenvalue weighted by molar-refractivity contribution is 5.91. The number of nitrogens with zero attached hydrogens (tertiary/aromatic N) is 2. The van der Waals surface area contributed by atoms with Crippen molar-refractivity contribution in [1.29, 1.82) is 0 Å². The van der Waals surface area contributed by atoms with Gasteiger partial charge in [0.05, 0.1) is 12.4 Å². The van der Waals surface area contributed by atoms with Gasteiger partial charge in [0.1, 0.15) is 11.5 Å². The molecule has 1 fully saturated rings. The third-order valence-corrected chi connectivity index (χ3v) is 5.02. The molecule has 1 saturated carbocycles. The predicted octanol–water partition coefficient (Wildman–Crippen LogP) is 4.44. The van der Waals surface area contributed by atoms with Crippen molar-refractivity contribution in [2.45, 2.75) is 32.1 Å². The highest BCUT2D eigenvalue weighted by atomic mass is 19.1. The minimum absolute atomic E-state index is 0.195. The normalized spacial score (nSPS) is 14.9. The van der Waals surface area contributed by atoms with Crippen molar-refractivity contribution in [3.8, 4) is 11.3 Å². The fourth-order valence-corrected chi connectivity index (χ4v) is 3.48. The summed E-state index contributed by atoms with van der Waals surface area (Å²) in [5.74, 6) is 0.505. The Morgan fingerprint density at radius 2 is 1.96 bits per heavy atom. The fourth-order valence-electron chi connectivity index (χ4n) is 3.48. The number of rotatable bonds is 2. The first-order valence-electron chi connectivity index (χ1n) is 8.18. The van der Waals surface area contributed by atoms with Crippen molar-refractivity contribution in [2.75, 3.05) is 0 Å². The first-order valence-corrected chi connectivity index (χ1v) is 8.18. The van der Waals surface area contributed by atoms with Crippen LogP contribution in [0.25, 0.3) is 22.2 Å². The molecule has 0 bridgehead atoms. The Balaban J connectivity index is 1.92. The van der Waals surface area contributed by atoms with E-state index in [1.807, 2.05) is 30.9 Å². The topological polar surface area (TPSA) is 16.8 Å². The summed E-state index contributed by atoms with van der Waals surface area (Å²) in [5, 5.41) is 1.12. The lowest BCUT2D eigenvalue weighted by molar-refractivity contribution is -0.662. The van der Waals surface area contributed by atoms with Gasteiger partial charge in [0, 0.05) is 5.56 Å². The van der Waals surface area contributed by atoms with E-state index in [0.29, 0.717) is 5.92 Å². The molecule has 4 rings (SSSR count). The molecular weight excluding hydrogens is 287 g/mol. The summed E-state index contributed by atoms with van der Waals surface area (Å²) in [7, 11) is 1.99. The van der Waals surface area contributed by atoms with E-state index in [-0.39, 0.29) is 5.82 Å². The maximum atomic E-state index is 13.4. The number of aryl methyl sites for hydroxylation is 2. The summed E-state index contributed by atoms with van der Waals surface area (Å²) < 4.78 is 15.5. The van der Waals surface area contributed by atoms with Gasteiger partial charge in [0.25, 0.3) is 6.33 Å². The molecule has 0 aliphatic heterocycles. The molecule has 0 atom stereocenters. The van der Waals surface area contributed by atoms with Crippen LogP contribution < -0.4 is 4.57 Å². The minimum Gasteiger partial charge on any atom is -0.232 e. The third-order valence-electron chi connectivity index (χ3n) is 5.02. The second-order valence-electron chi connectivity index (χ2n) is 6.57. The smallest absolute Gasteiger partial charge is 0.232 e. The Bertz CT molecular complexity index is 898. The lowest BCUT2D eigenvalue weighted by Crippen LogP contribution is -2.31. The number of aromatic nitrogens is 2. The van der Waals surface area contributed by atoms with E-state index < -0.39 is 0 Å². The maximum Gasteiger partial charge on any atom is 0.287 e. The number of hydrogen-bond acceptors (Lipinski definition) is 1. The van der Waals surface area contributed by atoms with Crippen molar-refractivity contribution in [1.82, 2.24) is 4.98 Å². The molecule has 1 aliphatic rings. The van der Waals surface area contributed by atoms with E-state index in [1.54, 1.807) is 6.07 Å². The Kier molecular flexibility index (Phi) is 3.37. The zero-order chi connectivity index (χ0) is 16.0. The molecule has 0 saturated heterocycles. The quantitative estimate of drug-likeness (QED) is 0.640. The molecule has 2 aromatic carbocycles. The second kappa shape index (κ2) is 5.41. The van der Waals surface area contributed by atoms with Gasteiger partial charge in [-0.25, -0.2) is 8.96 Å². The molecule has 0 N–H and O–H groups in total. The first-order chi connectivity index (χ1) is 11.1. The number of benzene rings is 2. The molecule has 0 spiro atoms. The van der Waals surface area contributed by atoms with E-state index in [1.165, 1.54) is 30.9 Å². The molecule has 23 heavy (non-hydrogen) atoms. The van der Waals surface area contributed by atoms with Crippen molar-refractivity contribution in [3.05, 3.63) is 59.7 Å². The molecule has 116 valence electrons. The van der Waals surface area contributed by atoms with Gasteiger partial charge >= 0.3 is 0 Å². The molecule has 0 radical (unpaired) electrons. The molecule has 3 heteroatoms. The van der Waals surface area contributed by atoms with E-state index in [0.717, 1.165) is 27.7 Å². The van der Waals surface area contributed by atoms with Gasteiger partial charge in [0.15, 0.2) is 5.52 Å². The average molecular weight is 307 g/mol. The van der Waals surface area contributed by atoms with Gasteiger partial charge < -0.3 is 0 Å². The molecule has 0 amide bonds. The van der Waals surface area contributed by atoms with Crippen LogP contribution in [-0.4, -0.2) is 4.98 Å². The van der Waals surface area contributed by atoms with Gasteiger partial charge in [-0.2, -0.15) is 0 Å². The van der Waals surface area contributed by atoms with Crippen LogP contribution in [0.5, 0.6) is 0 Å². The Morgan fingerprint density at radius 3 is 2.65 bits per heavy atom. The number of hydrogen-bond donors (Lipinski definition) is 0. The van der Waals surface area contributed by atoms with Crippen LogP contribution in [0.4, 0.5) is 4.39 Å². The van der Waals surface area contributed by atoms with Crippen LogP contribution in [0.2, 0.25) is 0 Å². The summed E-state index contributed by atoms with van der Waals surface area (Å²) in [4.78, 5) is 4.60. The first kappa shape index (κ1) is 14.3. The zero-order valence-electron chi connectivity index (χ0n) is 13.5. The monoisotopic (exact) mass is 307 g/mol. The van der Waals surface area contributed by atoms with Crippen LogP contribution in [0.3, 0.4) is 0 Å². The van der Waals surface area contributed by atoms with Gasteiger partial charge in [-0.1, -0.05) is 12.5 Å². The SMILES string of the molecule is Cc1cc(F)ccc1-c1c2ccc(C3CCC3)cc2nc[n+]1C. The highest BCUT2D eigenvalue weighted by Gasteiger charge is 2.22. The van der Waals surface area contributed by atoms with Crippen LogP contribution in [-0.2, 0) is 7.05 Å². The summed E-state index contributed by atoms with van der Waals surface area (Å²) in [6.45, 7) is 1.95. The predicted molar refractivity (Wildman–Crippen MR) is 89.6 cm³/mol. The van der Waals surface area contributed by atoms with E-state index in [9.17, 15) is 4.39 Å². The van der Waals surface area contributed by atoms with Crippen LogP contribution >= 0.6 is 0 Å². The highest BCUT2D eigenvalue weighted by Crippen LogP contribution is 2.38. The summed E-state index contributed by atoms with van der Waals surface area (Å²) in [5.41, 5.74) is 5.50. The van der Waals surface area contributed by atoms with Crippen molar-refractivity contribution >= 4 is 10.9 Å². The van der Waals surface area contributed by atoms with Gasteiger partial charge in [-0.3, -0.25) is 0 Å². The molecular formula is C20H20FN2+. The standard InChI is InChI=1S/C20H20FN2/c1-13-10-16(21)7-9-17(13)20-18-8-6-15(14-4-3-5-14)11-19(18)22-12-23(20)2/h6-12,14H,3-5H2,1-2H3/q+1. The molecule has 0 unspecified atom stereocenters. The third kappa shape index (κ3) is 2.40. The van der Waals surface area contributed by atoms with Crippen LogP contribution in [0.15, 0.2) is 42.7 Å². The van der Waals surface area contributed by atoms with Gasteiger partial charge in [-0.15, -0.1) is 0 Å². The average Bonchev–Trinajstić information content (AvgIpc) is 2.47. The Labute approximate surface area is 135 Å². The van der Waals surface area contributed by atoms with Crippen LogP contribution in [0.1, 0.15) is 36.3 Å². The zero-order valence-corrected chi connectivity index (χ0v) is 13.5. The minimum atomic E-state index is -0.195. The maximum absolute atomic E-state index is 13.4. The van der Waals surface area contributed by atoms with Gasteiger partial charge in [0.2, 0.25) is 0 Å². The number of fused-ring (bicyclic) bond motifs is 1. The van der Waals surface area contributed by atoms with Gasteiger partial charge in [-0.05, 0) is 72.1 Å². The Hall–Kier alpha value is -2.29. The molecule has 1 aliphatic carbocycles. The van der Waals surface area contributed by atoms with Crippen molar-refractivity contribution < 1.29 is 8.96 Å². The fraction of sp³-hybridized carbons (Fsp3) is 0.300. The van der Waals surface area contributed by atoms with Crippen molar-refractivity contribution in [3.63, 3.8) is 0 Å². The second-order valence-corrected chi connectivity index (χ2v) is 6.57. The summed E-state index contributed by atoms with van der Waals surface area (Å²) >= 11 is 0. The molecule has 1 heterocycles. The summed E-state index contributed by atoms with van der Waals surface area (Å²) in [6.07, 6.45) is 5.76. The van der Waals surface area contributed by atoms with Crippen LogP contribution in [0, 0.1) is 12.7 Å². The Morgan fingerprint density at radius 1 is 1.13 bits per heavy atom. The summed E-state index contributed by atoms with van der Waals surface area (Å²) in [6, 6.07) is 11.6. The lowest BCUT2D eigenvalue weighted by Gasteiger charge is -2.25. The molecule has 2 nitrogen and oxygen atoms in total. The number of halogens is 1.